The van der Waals surface area contributed by atoms with Crippen molar-refractivity contribution in [3.63, 3.8) is 0 Å². The highest BCUT2D eigenvalue weighted by Gasteiger charge is 2.16. The summed E-state index contributed by atoms with van der Waals surface area (Å²) in [7, 11) is 0. The number of rotatable bonds is 4. The topological polar surface area (TPSA) is 89.0 Å². The molecule has 96 valence electrons. The Kier molecular flexibility index (Phi) is 3.47. The molecule has 2 rings (SSSR count). The zero-order valence-corrected chi connectivity index (χ0v) is 10.7. The van der Waals surface area contributed by atoms with Crippen LogP contribution in [-0.2, 0) is 0 Å². The molecule has 4 N–H and O–H groups in total. The molecule has 0 aliphatic heterocycles. The summed E-state index contributed by atoms with van der Waals surface area (Å²) in [5.74, 6) is 6.78. The van der Waals surface area contributed by atoms with Gasteiger partial charge in [-0.05, 0) is 26.8 Å². The molecular weight excluding hydrogens is 230 g/mol. The summed E-state index contributed by atoms with van der Waals surface area (Å²) in [6.07, 6.45) is 1.69. The average Bonchev–Trinajstić information content (AvgIpc) is 2.69. The van der Waals surface area contributed by atoms with Gasteiger partial charge in [-0.3, -0.25) is 0 Å². The number of aryl methyl sites for hydroxylation is 2. The van der Waals surface area contributed by atoms with E-state index in [9.17, 15) is 0 Å². The van der Waals surface area contributed by atoms with Gasteiger partial charge in [0, 0.05) is 23.5 Å². The van der Waals surface area contributed by atoms with E-state index in [1.54, 1.807) is 6.20 Å². The fourth-order valence-electron chi connectivity index (χ4n) is 2.03. The maximum Gasteiger partial charge on any atom is 0.141 e. The normalized spacial score (nSPS) is 12.2. The molecule has 0 saturated heterocycles. The number of nitrogen functional groups attached to an aromatic ring is 1. The summed E-state index contributed by atoms with van der Waals surface area (Å²) in [5, 5.41) is 7.32. The van der Waals surface area contributed by atoms with Gasteiger partial charge >= 0.3 is 0 Å². The SMILES string of the molecule is Cc1noc(C)c1C(C)Nc1ccnc(NN)c1. The van der Waals surface area contributed by atoms with Crippen molar-refractivity contribution in [2.45, 2.75) is 26.8 Å². The number of hydrogen-bond acceptors (Lipinski definition) is 6. The fraction of sp³-hybridized carbons (Fsp3) is 0.333. The number of hydrogen-bond donors (Lipinski definition) is 3. The quantitative estimate of drug-likeness (QED) is 0.566. The van der Waals surface area contributed by atoms with E-state index < -0.39 is 0 Å². The van der Waals surface area contributed by atoms with E-state index in [1.807, 2.05) is 26.0 Å². The summed E-state index contributed by atoms with van der Waals surface area (Å²) in [4.78, 5) is 4.06. The summed E-state index contributed by atoms with van der Waals surface area (Å²) >= 11 is 0. The van der Waals surface area contributed by atoms with E-state index in [1.165, 1.54) is 0 Å². The molecule has 1 atom stereocenters. The van der Waals surface area contributed by atoms with Crippen molar-refractivity contribution in [1.29, 1.82) is 0 Å². The third-order valence-corrected chi connectivity index (χ3v) is 2.81. The number of anilines is 2. The van der Waals surface area contributed by atoms with Crippen LogP contribution >= 0.6 is 0 Å². The van der Waals surface area contributed by atoms with Gasteiger partial charge in [-0.25, -0.2) is 10.8 Å². The van der Waals surface area contributed by atoms with Gasteiger partial charge in [-0.1, -0.05) is 5.16 Å². The number of aromatic nitrogens is 2. The third kappa shape index (κ3) is 2.43. The van der Waals surface area contributed by atoms with Crippen LogP contribution in [0.3, 0.4) is 0 Å². The van der Waals surface area contributed by atoms with Crippen molar-refractivity contribution in [1.82, 2.24) is 10.1 Å². The average molecular weight is 247 g/mol. The van der Waals surface area contributed by atoms with E-state index in [4.69, 9.17) is 10.4 Å². The minimum atomic E-state index is 0.101. The van der Waals surface area contributed by atoms with Crippen LogP contribution in [0.4, 0.5) is 11.5 Å². The molecule has 0 aliphatic carbocycles. The molecule has 0 aromatic carbocycles. The van der Waals surface area contributed by atoms with Crippen LogP contribution in [0.25, 0.3) is 0 Å². The lowest BCUT2D eigenvalue weighted by Gasteiger charge is -2.15. The molecule has 0 spiro atoms. The van der Waals surface area contributed by atoms with Crippen molar-refractivity contribution >= 4 is 11.5 Å². The predicted octanol–water partition coefficient (Wildman–Crippen LogP) is 2.15. The van der Waals surface area contributed by atoms with E-state index in [-0.39, 0.29) is 6.04 Å². The summed E-state index contributed by atoms with van der Waals surface area (Å²) in [5.41, 5.74) is 5.43. The highest BCUT2D eigenvalue weighted by molar-refractivity contribution is 5.52. The Labute approximate surface area is 106 Å². The molecule has 0 aliphatic rings. The molecule has 0 saturated carbocycles. The van der Waals surface area contributed by atoms with E-state index in [0.717, 1.165) is 22.7 Å². The number of pyridine rings is 1. The van der Waals surface area contributed by atoms with Gasteiger partial charge in [-0.2, -0.15) is 0 Å². The highest BCUT2D eigenvalue weighted by atomic mass is 16.5. The number of hydrazine groups is 1. The molecule has 6 heteroatoms. The van der Waals surface area contributed by atoms with Crippen LogP contribution in [0.5, 0.6) is 0 Å². The minimum absolute atomic E-state index is 0.101. The van der Waals surface area contributed by atoms with Gasteiger partial charge in [-0.15, -0.1) is 0 Å². The van der Waals surface area contributed by atoms with Crippen molar-refractivity contribution in [3.8, 4) is 0 Å². The lowest BCUT2D eigenvalue weighted by atomic mass is 10.1. The molecule has 0 bridgehead atoms. The Morgan fingerprint density at radius 3 is 2.78 bits per heavy atom. The van der Waals surface area contributed by atoms with Crippen LogP contribution in [0.2, 0.25) is 0 Å². The van der Waals surface area contributed by atoms with Gasteiger partial charge < -0.3 is 15.3 Å². The first-order valence-electron chi connectivity index (χ1n) is 5.73. The standard InChI is InChI=1S/C12H17N5O/c1-7(12-8(2)17-18-9(12)3)15-10-4-5-14-11(6-10)16-13/h4-7H,13H2,1-3H3,(H2,14,15,16). The van der Waals surface area contributed by atoms with Crippen molar-refractivity contribution < 1.29 is 4.52 Å². The number of nitrogens with zero attached hydrogens (tertiary/aromatic N) is 2. The molecule has 2 aromatic heterocycles. The third-order valence-electron chi connectivity index (χ3n) is 2.81. The molecule has 0 amide bonds. The molecule has 0 fully saturated rings. The van der Waals surface area contributed by atoms with Crippen LogP contribution in [0.1, 0.15) is 30.0 Å². The zero-order valence-electron chi connectivity index (χ0n) is 10.7. The summed E-state index contributed by atoms with van der Waals surface area (Å²) < 4.78 is 5.16. The second-order valence-electron chi connectivity index (χ2n) is 4.18. The first kappa shape index (κ1) is 12.4. The Morgan fingerprint density at radius 1 is 1.39 bits per heavy atom. The monoisotopic (exact) mass is 247 g/mol. The van der Waals surface area contributed by atoms with Crippen LogP contribution in [-0.4, -0.2) is 10.1 Å². The zero-order chi connectivity index (χ0) is 13.1. The Bertz CT molecular complexity index is 518. The molecular formula is C12H17N5O. The largest absolute Gasteiger partial charge is 0.378 e. The van der Waals surface area contributed by atoms with E-state index >= 15 is 0 Å². The maximum atomic E-state index is 5.33. The summed E-state index contributed by atoms with van der Waals surface area (Å²) in [6, 6.07) is 3.83. The van der Waals surface area contributed by atoms with Crippen LogP contribution in [0.15, 0.2) is 22.9 Å². The lowest BCUT2D eigenvalue weighted by molar-refractivity contribution is 0.392. The van der Waals surface area contributed by atoms with Gasteiger partial charge in [0.2, 0.25) is 0 Å². The smallest absolute Gasteiger partial charge is 0.141 e. The highest BCUT2D eigenvalue weighted by Crippen LogP contribution is 2.25. The molecule has 18 heavy (non-hydrogen) atoms. The minimum Gasteiger partial charge on any atom is -0.378 e. The second kappa shape index (κ2) is 5.05. The van der Waals surface area contributed by atoms with E-state index in [0.29, 0.717) is 5.82 Å². The Balaban J connectivity index is 2.18. The lowest BCUT2D eigenvalue weighted by Crippen LogP contribution is -2.11. The Morgan fingerprint density at radius 2 is 2.17 bits per heavy atom. The predicted molar refractivity (Wildman–Crippen MR) is 70.1 cm³/mol. The van der Waals surface area contributed by atoms with Crippen LogP contribution < -0.4 is 16.6 Å². The molecule has 2 heterocycles. The Hall–Kier alpha value is -2.08. The molecule has 2 aromatic rings. The first-order valence-corrected chi connectivity index (χ1v) is 5.73. The fourth-order valence-corrected chi connectivity index (χ4v) is 2.03. The maximum absolute atomic E-state index is 5.33. The second-order valence-corrected chi connectivity index (χ2v) is 4.18. The van der Waals surface area contributed by atoms with Crippen molar-refractivity contribution in [3.05, 3.63) is 35.3 Å². The number of nitrogens with two attached hydrogens (primary N) is 1. The van der Waals surface area contributed by atoms with Gasteiger partial charge in [0.05, 0.1) is 11.7 Å². The van der Waals surface area contributed by atoms with Gasteiger partial charge in [0.1, 0.15) is 11.6 Å². The van der Waals surface area contributed by atoms with Crippen molar-refractivity contribution in [2.75, 3.05) is 10.7 Å². The van der Waals surface area contributed by atoms with Crippen LogP contribution in [0, 0.1) is 13.8 Å². The first-order chi connectivity index (χ1) is 8.61. The molecule has 1 unspecified atom stereocenters. The van der Waals surface area contributed by atoms with E-state index in [2.05, 4.69) is 27.8 Å². The molecule has 6 nitrogen and oxygen atoms in total. The summed E-state index contributed by atoms with van der Waals surface area (Å²) in [6.45, 7) is 5.90. The number of nitrogens with one attached hydrogen (secondary N) is 2. The molecule has 0 radical (unpaired) electrons. The van der Waals surface area contributed by atoms with Crippen molar-refractivity contribution in [2.24, 2.45) is 5.84 Å². The van der Waals surface area contributed by atoms with Gasteiger partial charge in [0.25, 0.3) is 0 Å². The van der Waals surface area contributed by atoms with Gasteiger partial charge in [0.15, 0.2) is 0 Å².